The summed E-state index contributed by atoms with van der Waals surface area (Å²) in [7, 11) is 0. The van der Waals surface area contributed by atoms with Gasteiger partial charge in [0.15, 0.2) is 11.6 Å². The standard InChI is InChI=1S/C26H25F2NO2/c27-24-12-11-22(17-25(24)28)31-21-13-15-29(16-14-21)26(30)18-23(19-7-3-1-4-8-19)20-9-5-2-6-10-20/h1-12,17,21,23H,13-16,18H2. The molecule has 0 N–H and O–H groups in total. The maximum atomic E-state index is 13.4. The van der Waals surface area contributed by atoms with Gasteiger partial charge in [-0.1, -0.05) is 60.7 Å². The fourth-order valence-electron chi connectivity index (χ4n) is 4.07. The molecule has 0 saturated carbocycles. The molecule has 3 nitrogen and oxygen atoms in total. The molecule has 4 rings (SSSR count). The van der Waals surface area contributed by atoms with E-state index in [0.717, 1.165) is 23.3 Å². The minimum atomic E-state index is -0.919. The van der Waals surface area contributed by atoms with Crippen LogP contribution in [-0.2, 0) is 4.79 Å². The van der Waals surface area contributed by atoms with Crippen LogP contribution < -0.4 is 4.74 Å². The molecule has 1 fully saturated rings. The van der Waals surface area contributed by atoms with Crippen LogP contribution in [0.5, 0.6) is 5.75 Å². The first-order chi connectivity index (χ1) is 15.1. The van der Waals surface area contributed by atoms with Gasteiger partial charge in [0.2, 0.25) is 5.91 Å². The van der Waals surface area contributed by atoms with Gasteiger partial charge in [-0.15, -0.1) is 0 Å². The zero-order chi connectivity index (χ0) is 21.6. The maximum absolute atomic E-state index is 13.4. The largest absolute Gasteiger partial charge is 0.490 e. The average Bonchev–Trinajstić information content (AvgIpc) is 2.81. The van der Waals surface area contributed by atoms with Crippen molar-refractivity contribution in [3.05, 3.63) is 102 Å². The van der Waals surface area contributed by atoms with E-state index in [2.05, 4.69) is 24.3 Å². The lowest BCUT2D eigenvalue weighted by Crippen LogP contribution is -2.42. The predicted octanol–water partition coefficient (Wildman–Crippen LogP) is 5.56. The van der Waals surface area contributed by atoms with E-state index in [0.29, 0.717) is 38.1 Å². The summed E-state index contributed by atoms with van der Waals surface area (Å²) < 4.78 is 32.3. The van der Waals surface area contributed by atoms with Crippen molar-refractivity contribution in [2.75, 3.05) is 13.1 Å². The van der Waals surface area contributed by atoms with Crippen LogP contribution in [0.4, 0.5) is 8.78 Å². The number of benzene rings is 3. The highest BCUT2D eigenvalue weighted by Crippen LogP contribution is 2.29. The number of ether oxygens (including phenoxy) is 1. The smallest absolute Gasteiger partial charge is 0.223 e. The molecule has 0 bridgehead atoms. The van der Waals surface area contributed by atoms with Crippen LogP contribution in [0.15, 0.2) is 78.9 Å². The summed E-state index contributed by atoms with van der Waals surface area (Å²) in [6, 6.07) is 23.8. The Hall–Kier alpha value is -3.21. The second-order valence-corrected chi connectivity index (χ2v) is 7.85. The van der Waals surface area contributed by atoms with E-state index in [9.17, 15) is 13.6 Å². The fourth-order valence-corrected chi connectivity index (χ4v) is 4.07. The Morgan fingerprint density at radius 2 is 1.45 bits per heavy atom. The average molecular weight is 421 g/mol. The van der Waals surface area contributed by atoms with Crippen LogP contribution in [0, 0.1) is 11.6 Å². The van der Waals surface area contributed by atoms with Gasteiger partial charge in [-0.2, -0.15) is 0 Å². The summed E-state index contributed by atoms with van der Waals surface area (Å²) in [6.45, 7) is 1.17. The van der Waals surface area contributed by atoms with Gasteiger partial charge in [-0.05, 0) is 23.3 Å². The monoisotopic (exact) mass is 421 g/mol. The van der Waals surface area contributed by atoms with Crippen LogP contribution in [0.2, 0.25) is 0 Å². The third kappa shape index (κ3) is 5.29. The van der Waals surface area contributed by atoms with E-state index in [1.165, 1.54) is 6.07 Å². The van der Waals surface area contributed by atoms with E-state index in [-0.39, 0.29) is 17.9 Å². The summed E-state index contributed by atoms with van der Waals surface area (Å²) in [6.07, 6.45) is 1.61. The van der Waals surface area contributed by atoms with Crippen molar-refractivity contribution < 1.29 is 18.3 Å². The lowest BCUT2D eigenvalue weighted by Gasteiger charge is -2.33. The molecule has 0 unspecified atom stereocenters. The van der Waals surface area contributed by atoms with Crippen molar-refractivity contribution in [1.82, 2.24) is 4.90 Å². The number of piperidine rings is 1. The Balaban J connectivity index is 1.37. The molecule has 5 heteroatoms. The molecule has 1 amide bonds. The Labute approximate surface area is 181 Å². The molecular formula is C26H25F2NO2. The number of amides is 1. The zero-order valence-electron chi connectivity index (χ0n) is 17.2. The van der Waals surface area contributed by atoms with Gasteiger partial charge in [0.1, 0.15) is 11.9 Å². The molecule has 1 aliphatic heterocycles. The Morgan fingerprint density at radius 3 is 2.00 bits per heavy atom. The van der Waals surface area contributed by atoms with E-state index < -0.39 is 11.6 Å². The number of likely N-dealkylation sites (tertiary alicyclic amines) is 1. The minimum absolute atomic E-state index is 0.00561. The van der Waals surface area contributed by atoms with E-state index in [1.807, 2.05) is 41.3 Å². The van der Waals surface area contributed by atoms with Gasteiger partial charge < -0.3 is 9.64 Å². The maximum Gasteiger partial charge on any atom is 0.223 e. The van der Waals surface area contributed by atoms with Gasteiger partial charge in [0.25, 0.3) is 0 Å². The number of halogens is 2. The number of hydrogen-bond acceptors (Lipinski definition) is 2. The molecule has 0 radical (unpaired) electrons. The molecule has 0 spiro atoms. The number of carbonyl (C=O) groups excluding carboxylic acids is 1. The van der Waals surface area contributed by atoms with Crippen molar-refractivity contribution in [3.63, 3.8) is 0 Å². The first-order valence-electron chi connectivity index (χ1n) is 10.6. The number of rotatable bonds is 6. The molecule has 1 heterocycles. The molecule has 160 valence electrons. The molecule has 0 aliphatic carbocycles. The van der Waals surface area contributed by atoms with E-state index in [1.54, 1.807) is 0 Å². The third-order valence-corrected chi connectivity index (χ3v) is 5.77. The Bertz CT molecular complexity index is 963. The molecule has 1 aliphatic rings. The SMILES string of the molecule is O=C(CC(c1ccccc1)c1ccccc1)N1CCC(Oc2ccc(F)c(F)c2)CC1. The molecule has 3 aromatic carbocycles. The molecule has 31 heavy (non-hydrogen) atoms. The second-order valence-electron chi connectivity index (χ2n) is 7.85. The predicted molar refractivity (Wildman–Crippen MR) is 116 cm³/mol. The molecule has 1 saturated heterocycles. The topological polar surface area (TPSA) is 29.5 Å². The summed E-state index contributed by atoms with van der Waals surface area (Å²) in [5.41, 5.74) is 2.25. The van der Waals surface area contributed by atoms with Gasteiger partial charge in [0, 0.05) is 44.3 Å². The third-order valence-electron chi connectivity index (χ3n) is 5.77. The molecule has 3 aromatic rings. The summed E-state index contributed by atoms with van der Waals surface area (Å²) >= 11 is 0. The highest BCUT2D eigenvalue weighted by Gasteiger charge is 2.27. The van der Waals surface area contributed by atoms with E-state index in [4.69, 9.17) is 4.74 Å². The van der Waals surface area contributed by atoms with Crippen molar-refractivity contribution in [1.29, 1.82) is 0 Å². The zero-order valence-corrected chi connectivity index (χ0v) is 17.2. The van der Waals surface area contributed by atoms with Gasteiger partial charge in [-0.3, -0.25) is 4.79 Å². The Kier molecular flexibility index (Phi) is 6.60. The first-order valence-corrected chi connectivity index (χ1v) is 10.6. The van der Waals surface area contributed by atoms with Crippen molar-refractivity contribution in [2.24, 2.45) is 0 Å². The summed E-state index contributed by atoms with van der Waals surface area (Å²) in [4.78, 5) is 15.0. The number of nitrogens with zero attached hydrogens (tertiary/aromatic N) is 1. The van der Waals surface area contributed by atoms with Crippen molar-refractivity contribution in [2.45, 2.75) is 31.3 Å². The van der Waals surface area contributed by atoms with Gasteiger partial charge >= 0.3 is 0 Å². The fraction of sp³-hybridized carbons (Fsp3) is 0.269. The van der Waals surface area contributed by atoms with Crippen molar-refractivity contribution >= 4 is 5.91 Å². The minimum Gasteiger partial charge on any atom is -0.490 e. The quantitative estimate of drug-likeness (QED) is 0.522. The number of carbonyl (C=O) groups is 1. The highest BCUT2D eigenvalue weighted by atomic mass is 19.2. The first kappa shape index (κ1) is 21.0. The molecule has 0 atom stereocenters. The lowest BCUT2D eigenvalue weighted by molar-refractivity contribution is -0.133. The van der Waals surface area contributed by atoms with Gasteiger partial charge in [-0.25, -0.2) is 8.78 Å². The van der Waals surface area contributed by atoms with Crippen LogP contribution in [0.1, 0.15) is 36.3 Å². The van der Waals surface area contributed by atoms with Crippen LogP contribution in [-0.4, -0.2) is 30.0 Å². The molecule has 0 aromatic heterocycles. The lowest BCUT2D eigenvalue weighted by atomic mass is 9.88. The van der Waals surface area contributed by atoms with Crippen LogP contribution in [0.25, 0.3) is 0 Å². The second kappa shape index (κ2) is 9.73. The van der Waals surface area contributed by atoms with Crippen molar-refractivity contribution in [3.8, 4) is 5.75 Å². The number of hydrogen-bond donors (Lipinski definition) is 0. The Morgan fingerprint density at radius 1 is 0.871 bits per heavy atom. The summed E-state index contributed by atoms with van der Waals surface area (Å²) in [5.74, 6) is -1.37. The summed E-state index contributed by atoms with van der Waals surface area (Å²) in [5, 5.41) is 0. The van der Waals surface area contributed by atoms with Crippen LogP contribution >= 0.6 is 0 Å². The highest BCUT2D eigenvalue weighted by molar-refractivity contribution is 5.78. The molecular weight excluding hydrogens is 396 g/mol. The van der Waals surface area contributed by atoms with Crippen LogP contribution in [0.3, 0.4) is 0 Å². The van der Waals surface area contributed by atoms with E-state index >= 15 is 0 Å². The van der Waals surface area contributed by atoms with Gasteiger partial charge in [0.05, 0.1) is 0 Å². The normalized spacial score (nSPS) is 14.6.